The second-order valence-electron chi connectivity index (χ2n) is 3.30. The lowest BCUT2D eigenvalue weighted by Gasteiger charge is -1.98. The highest BCUT2D eigenvalue weighted by Gasteiger charge is 1.94. The summed E-state index contributed by atoms with van der Waals surface area (Å²) in [6.07, 6.45) is 1.80. The molecule has 0 unspecified atom stereocenters. The smallest absolute Gasteiger partial charge is 0.209 e. The van der Waals surface area contributed by atoms with Crippen LogP contribution in [0.5, 0.6) is 5.75 Å². The summed E-state index contributed by atoms with van der Waals surface area (Å²) in [4.78, 5) is 8.55. The van der Waals surface area contributed by atoms with Crippen molar-refractivity contribution < 1.29 is 4.74 Å². The van der Waals surface area contributed by atoms with E-state index in [-0.39, 0.29) is 0 Å². The van der Waals surface area contributed by atoms with Crippen molar-refractivity contribution in [2.45, 2.75) is 6.92 Å². The lowest BCUT2D eigenvalue weighted by Crippen LogP contribution is -1.84. The van der Waals surface area contributed by atoms with Gasteiger partial charge in [0.15, 0.2) is 0 Å². The Morgan fingerprint density at radius 1 is 1.31 bits per heavy atom. The minimum atomic E-state index is 0.785. The van der Waals surface area contributed by atoms with Crippen LogP contribution in [0.4, 0.5) is 5.13 Å². The van der Waals surface area contributed by atoms with E-state index in [2.05, 4.69) is 9.98 Å². The molecule has 0 saturated carbocycles. The van der Waals surface area contributed by atoms with Crippen molar-refractivity contribution in [2.24, 2.45) is 4.99 Å². The monoisotopic (exact) mass is 232 g/mol. The molecule has 0 amide bonds. The molecule has 0 radical (unpaired) electrons. The summed E-state index contributed by atoms with van der Waals surface area (Å²) in [7, 11) is 1.65. The van der Waals surface area contributed by atoms with Crippen LogP contribution in [0, 0.1) is 6.92 Å². The van der Waals surface area contributed by atoms with Gasteiger partial charge in [-0.2, -0.15) is 0 Å². The number of methoxy groups -OCH3 is 1. The molecule has 0 aliphatic rings. The number of aliphatic imine (C=N–C) groups is 1. The van der Waals surface area contributed by atoms with E-state index in [4.69, 9.17) is 4.74 Å². The first-order chi connectivity index (χ1) is 7.78. The Morgan fingerprint density at radius 3 is 2.62 bits per heavy atom. The highest BCUT2D eigenvalue weighted by molar-refractivity contribution is 7.13. The fourth-order valence-electron chi connectivity index (χ4n) is 1.22. The summed E-state index contributed by atoms with van der Waals surface area (Å²) >= 11 is 1.54. The lowest BCUT2D eigenvalue weighted by molar-refractivity contribution is 0.415. The fraction of sp³-hybridized carbons (Fsp3) is 0.167. The number of aryl methyl sites for hydroxylation is 1. The standard InChI is InChI=1S/C12H12N2OS/c1-9-8-16-12(14-9)13-7-10-3-5-11(15-2)6-4-10/h3-8H,1-2H3/b13-7+. The third-order valence-electron chi connectivity index (χ3n) is 2.05. The van der Waals surface area contributed by atoms with Gasteiger partial charge < -0.3 is 4.74 Å². The third-order valence-corrected chi connectivity index (χ3v) is 2.91. The van der Waals surface area contributed by atoms with Crippen molar-refractivity contribution in [2.75, 3.05) is 7.11 Å². The maximum absolute atomic E-state index is 5.08. The summed E-state index contributed by atoms with van der Waals surface area (Å²) < 4.78 is 5.08. The van der Waals surface area contributed by atoms with Crippen LogP contribution in [-0.2, 0) is 0 Å². The van der Waals surface area contributed by atoms with Gasteiger partial charge in [0.05, 0.1) is 12.8 Å². The van der Waals surface area contributed by atoms with Crippen LogP contribution in [0.2, 0.25) is 0 Å². The van der Waals surface area contributed by atoms with Gasteiger partial charge in [-0.15, -0.1) is 11.3 Å². The summed E-state index contributed by atoms with van der Waals surface area (Å²) in [5, 5.41) is 2.77. The van der Waals surface area contributed by atoms with Crippen LogP contribution in [0.3, 0.4) is 0 Å². The van der Waals surface area contributed by atoms with E-state index in [9.17, 15) is 0 Å². The zero-order valence-corrected chi connectivity index (χ0v) is 9.99. The van der Waals surface area contributed by atoms with Gasteiger partial charge in [-0.25, -0.2) is 9.98 Å². The SMILES string of the molecule is COc1ccc(/C=N/c2nc(C)cs2)cc1. The zero-order valence-electron chi connectivity index (χ0n) is 9.18. The molecular weight excluding hydrogens is 220 g/mol. The maximum atomic E-state index is 5.08. The van der Waals surface area contributed by atoms with Gasteiger partial charge >= 0.3 is 0 Å². The van der Waals surface area contributed by atoms with Crippen molar-refractivity contribution in [3.63, 3.8) is 0 Å². The summed E-state index contributed by atoms with van der Waals surface area (Å²) in [5.41, 5.74) is 2.04. The Bertz CT molecular complexity index is 488. The zero-order chi connectivity index (χ0) is 11.4. The van der Waals surface area contributed by atoms with E-state index < -0.39 is 0 Å². The first kappa shape index (κ1) is 10.8. The highest BCUT2D eigenvalue weighted by atomic mass is 32.1. The number of rotatable bonds is 3. The predicted octanol–water partition coefficient (Wildman–Crippen LogP) is 3.21. The molecule has 0 fully saturated rings. The van der Waals surface area contributed by atoms with Crippen molar-refractivity contribution >= 4 is 22.7 Å². The third kappa shape index (κ3) is 2.67. The second kappa shape index (κ2) is 4.90. The molecule has 0 aliphatic carbocycles. The van der Waals surface area contributed by atoms with Crippen LogP contribution in [0.25, 0.3) is 0 Å². The molecule has 4 heteroatoms. The first-order valence-electron chi connectivity index (χ1n) is 4.88. The Labute approximate surface area is 98.5 Å². The Morgan fingerprint density at radius 2 is 2.06 bits per heavy atom. The minimum Gasteiger partial charge on any atom is -0.497 e. The molecule has 1 aromatic heterocycles. The highest BCUT2D eigenvalue weighted by Crippen LogP contribution is 2.18. The molecular formula is C12H12N2OS. The van der Waals surface area contributed by atoms with Crippen molar-refractivity contribution in [3.05, 3.63) is 40.9 Å². The van der Waals surface area contributed by atoms with E-state index in [1.54, 1.807) is 24.7 Å². The molecule has 0 atom stereocenters. The van der Waals surface area contributed by atoms with Gasteiger partial charge in [-0.1, -0.05) is 0 Å². The maximum Gasteiger partial charge on any atom is 0.209 e. The van der Waals surface area contributed by atoms with Gasteiger partial charge in [0.2, 0.25) is 5.13 Å². The van der Waals surface area contributed by atoms with Gasteiger partial charge in [-0.3, -0.25) is 0 Å². The lowest BCUT2D eigenvalue weighted by atomic mass is 10.2. The molecule has 2 rings (SSSR count). The van der Waals surface area contributed by atoms with Crippen molar-refractivity contribution in [1.29, 1.82) is 0 Å². The van der Waals surface area contributed by atoms with E-state index >= 15 is 0 Å². The number of ether oxygens (including phenoxy) is 1. The van der Waals surface area contributed by atoms with E-state index in [0.29, 0.717) is 0 Å². The average Bonchev–Trinajstić information content (AvgIpc) is 2.73. The fourth-order valence-corrected chi connectivity index (χ4v) is 1.86. The Hall–Kier alpha value is -1.68. The average molecular weight is 232 g/mol. The van der Waals surface area contributed by atoms with Gasteiger partial charge in [0.1, 0.15) is 5.75 Å². The number of hydrogen-bond donors (Lipinski definition) is 0. The Balaban J connectivity index is 2.11. The van der Waals surface area contributed by atoms with Crippen LogP contribution in [0.15, 0.2) is 34.6 Å². The Kier molecular flexibility index (Phi) is 3.31. The predicted molar refractivity (Wildman–Crippen MR) is 67.1 cm³/mol. The van der Waals surface area contributed by atoms with Crippen molar-refractivity contribution in [3.8, 4) is 5.75 Å². The normalized spacial score (nSPS) is 10.9. The van der Waals surface area contributed by atoms with Gasteiger partial charge in [0, 0.05) is 11.6 Å². The van der Waals surface area contributed by atoms with Gasteiger partial charge in [-0.05, 0) is 36.8 Å². The van der Waals surface area contributed by atoms with E-state index in [1.807, 2.05) is 36.6 Å². The van der Waals surface area contributed by atoms with E-state index in [0.717, 1.165) is 22.1 Å². The molecule has 3 nitrogen and oxygen atoms in total. The number of nitrogens with zero attached hydrogens (tertiary/aromatic N) is 2. The quantitative estimate of drug-likeness (QED) is 0.761. The largest absolute Gasteiger partial charge is 0.497 e. The van der Waals surface area contributed by atoms with Crippen LogP contribution >= 0.6 is 11.3 Å². The molecule has 2 aromatic rings. The summed E-state index contributed by atoms with van der Waals surface area (Å²) in [5.74, 6) is 0.849. The number of aromatic nitrogens is 1. The second-order valence-corrected chi connectivity index (χ2v) is 4.14. The molecule has 0 N–H and O–H groups in total. The molecule has 0 saturated heterocycles. The molecule has 0 aliphatic heterocycles. The molecule has 82 valence electrons. The molecule has 1 heterocycles. The van der Waals surface area contributed by atoms with E-state index in [1.165, 1.54) is 0 Å². The van der Waals surface area contributed by atoms with Crippen LogP contribution in [-0.4, -0.2) is 18.3 Å². The first-order valence-corrected chi connectivity index (χ1v) is 5.76. The molecule has 1 aromatic carbocycles. The molecule has 0 spiro atoms. The number of hydrogen-bond acceptors (Lipinski definition) is 4. The van der Waals surface area contributed by atoms with Crippen LogP contribution < -0.4 is 4.74 Å². The summed E-state index contributed by atoms with van der Waals surface area (Å²) in [6, 6.07) is 7.74. The topological polar surface area (TPSA) is 34.5 Å². The van der Waals surface area contributed by atoms with Gasteiger partial charge in [0.25, 0.3) is 0 Å². The van der Waals surface area contributed by atoms with Crippen molar-refractivity contribution in [1.82, 2.24) is 4.98 Å². The molecule has 0 bridgehead atoms. The summed E-state index contributed by atoms with van der Waals surface area (Å²) in [6.45, 7) is 1.96. The van der Waals surface area contributed by atoms with Crippen LogP contribution in [0.1, 0.15) is 11.3 Å². The molecule has 16 heavy (non-hydrogen) atoms. The number of benzene rings is 1. The number of thiazole rings is 1. The minimum absolute atomic E-state index is 0.785.